The van der Waals surface area contributed by atoms with E-state index in [0.717, 1.165) is 0 Å². The first kappa shape index (κ1) is 14.8. The molecule has 0 saturated carbocycles. The molecule has 2 aromatic rings. The molecule has 0 fully saturated rings. The average Bonchev–Trinajstić information content (AvgIpc) is 2.94. The Morgan fingerprint density at radius 2 is 1.67 bits per heavy atom. The largest absolute Gasteiger partial charge is 0.459 e. The molecule has 5 nitrogen and oxygen atoms in total. The van der Waals surface area contributed by atoms with E-state index >= 15 is 0 Å². The quantitative estimate of drug-likeness (QED) is 0.883. The van der Waals surface area contributed by atoms with Gasteiger partial charge in [0, 0.05) is 17.8 Å². The molecule has 110 valence electrons. The van der Waals surface area contributed by atoms with Crippen molar-refractivity contribution in [2.75, 3.05) is 10.6 Å². The minimum absolute atomic E-state index is 0.0163. The Morgan fingerprint density at radius 1 is 1.05 bits per heavy atom. The van der Waals surface area contributed by atoms with Crippen LogP contribution in [0.5, 0.6) is 0 Å². The number of benzene rings is 1. The SMILES string of the molecule is CC(C)CC(=O)Nc1ccc(NC(=O)c2ccco2)cc1. The highest BCUT2D eigenvalue weighted by molar-refractivity contribution is 6.02. The van der Waals surface area contributed by atoms with Gasteiger partial charge in [0.05, 0.1) is 6.26 Å². The van der Waals surface area contributed by atoms with E-state index in [2.05, 4.69) is 10.6 Å². The molecule has 0 saturated heterocycles. The molecule has 21 heavy (non-hydrogen) atoms. The number of rotatable bonds is 5. The lowest BCUT2D eigenvalue weighted by molar-refractivity contribution is -0.116. The summed E-state index contributed by atoms with van der Waals surface area (Å²) in [7, 11) is 0. The smallest absolute Gasteiger partial charge is 0.291 e. The second kappa shape index (κ2) is 6.74. The van der Waals surface area contributed by atoms with Gasteiger partial charge in [-0.1, -0.05) is 13.8 Å². The van der Waals surface area contributed by atoms with E-state index in [1.165, 1.54) is 6.26 Å². The van der Waals surface area contributed by atoms with Crippen molar-refractivity contribution in [3.63, 3.8) is 0 Å². The van der Waals surface area contributed by atoms with Crippen molar-refractivity contribution in [2.45, 2.75) is 20.3 Å². The van der Waals surface area contributed by atoms with E-state index in [4.69, 9.17) is 4.42 Å². The maximum Gasteiger partial charge on any atom is 0.291 e. The van der Waals surface area contributed by atoms with Gasteiger partial charge >= 0.3 is 0 Å². The van der Waals surface area contributed by atoms with Crippen LogP contribution in [-0.4, -0.2) is 11.8 Å². The number of nitrogens with one attached hydrogen (secondary N) is 2. The molecule has 0 unspecified atom stereocenters. The van der Waals surface area contributed by atoms with E-state index in [-0.39, 0.29) is 17.6 Å². The molecule has 0 aliphatic carbocycles. The Bertz CT molecular complexity index is 601. The van der Waals surface area contributed by atoms with Crippen LogP contribution in [0, 0.1) is 5.92 Å². The summed E-state index contributed by atoms with van der Waals surface area (Å²) in [5.74, 6) is 0.245. The lowest BCUT2D eigenvalue weighted by Crippen LogP contribution is -2.14. The molecule has 2 rings (SSSR count). The van der Waals surface area contributed by atoms with Crippen LogP contribution in [0.25, 0.3) is 0 Å². The van der Waals surface area contributed by atoms with Gasteiger partial charge in [0.2, 0.25) is 5.91 Å². The fraction of sp³-hybridized carbons (Fsp3) is 0.250. The topological polar surface area (TPSA) is 71.3 Å². The van der Waals surface area contributed by atoms with Crippen molar-refractivity contribution in [3.8, 4) is 0 Å². The van der Waals surface area contributed by atoms with Gasteiger partial charge in [0.15, 0.2) is 5.76 Å². The summed E-state index contributed by atoms with van der Waals surface area (Å²) in [5.41, 5.74) is 1.34. The Hall–Kier alpha value is -2.56. The molecule has 0 atom stereocenters. The van der Waals surface area contributed by atoms with Crippen molar-refractivity contribution >= 4 is 23.2 Å². The minimum Gasteiger partial charge on any atom is -0.459 e. The van der Waals surface area contributed by atoms with Gasteiger partial charge in [-0.3, -0.25) is 9.59 Å². The van der Waals surface area contributed by atoms with Crippen molar-refractivity contribution in [2.24, 2.45) is 5.92 Å². The number of hydrogen-bond acceptors (Lipinski definition) is 3. The molecule has 0 bridgehead atoms. The zero-order chi connectivity index (χ0) is 15.2. The summed E-state index contributed by atoms with van der Waals surface area (Å²) in [6.45, 7) is 3.99. The molecule has 0 aliphatic rings. The summed E-state index contributed by atoms with van der Waals surface area (Å²) in [4.78, 5) is 23.4. The maximum absolute atomic E-state index is 11.8. The number of amides is 2. The fourth-order valence-electron chi connectivity index (χ4n) is 1.82. The van der Waals surface area contributed by atoms with Crippen LogP contribution < -0.4 is 10.6 Å². The van der Waals surface area contributed by atoms with Crippen LogP contribution in [-0.2, 0) is 4.79 Å². The zero-order valence-corrected chi connectivity index (χ0v) is 12.1. The highest BCUT2D eigenvalue weighted by atomic mass is 16.3. The molecule has 0 radical (unpaired) electrons. The van der Waals surface area contributed by atoms with Crippen molar-refractivity contribution in [1.82, 2.24) is 0 Å². The average molecular weight is 286 g/mol. The first-order chi connectivity index (χ1) is 10.0. The van der Waals surface area contributed by atoms with Crippen LogP contribution in [0.3, 0.4) is 0 Å². The van der Waals surface area contributed by atoms with Crippen molar-refractivity contribution < 1.29 is 14.0 Å². The number of furan rings is 1. The zero-order valence-electron chi connectivity index (χ0n) is 12.1. The third-order valence-electron chi connectivity index (χ3n) is 2.77. The molecule has 5 heteroatoms. The van der Waals surface area contributed by atoms with E-state index in [0.29, 0.717) is 23.7 Å². The standard InChI is InChI=1S/C16H18N2O3/c1-11(2)10-15(19)17-12-5-7-13(8-6-12)18-16(20)14-4-3-9-21-14/h3-9,11H,10H2,1-2H3,(H,17,19)(H,18,20). The number of carbonyl (C=O) groups excluding carboxylic acids is 2. The summed E-state index contributed by atoms with van der Waals surface area (Å²) in [5, 5.41) is 5.52. The van der Waals surface area contributed by atoms with Crippen LogP contribution >= 0.6 is 0 Å². The van der Waals surface area contributed by atoms with Crippen LogP contribution in [0.15, 0.2) is 47.1 Å². The molecule has 1 aromatic carbocycles. The molecule has 1 aromatic heterocycles. The number of anilines is 2. The minimum atomic E-state index is -0.309. The first-order valence-electron chi connectivity index (χ1n) is 6.79. The van der Waals surface area contributed by atoms with Crippen LogP contribution in [0.1, 0.15) is 30.8 Å². The summed E-state index contributed by atoms with van der Waals surface area (Å²) < 4.78 is 5.01. The highest BCUT2D eigenvalue weighted by Gasteiger charge is 2.09. The molecular formula is C16H18N2O3. The molecule has 0 spiro atoms. The van der Waals surface area contributed by atoms with Crippen molar-refractivity contribution in [3.05, 3.63) is 48.4 Å². The monoisotopic (exact) mass is 286 g/mol. The lowest BCUT2D eigenvalue weighted by atomic mass is 10.1. The Morgan fingerprint density at radius 3 is 2.19 bits per heavy atom. The van der Waals surface area contributed by atoms with Crippen molar-refractivity contribution in [1.29, 1.82) is 0 Å². The van der Waals surface area contributed by atoms with E-state index in [9.17, 15) is 9.59 Å². The van der Waals surface area contributed by atoms with E-state index < -0.39 is 0 Å². The predicted molar refractivity (Wildman–Crippen MR) is 81.2 cm³/mol. The normalized spacial score (nSPS) is 10.4. The van der Waals surface area contributed by atoms with Crippen LogP contribution in [0.2, 0.25) is 0 Å². The van der Waals surface area contributed by atoms with Gasteiger partial charge < -0.3 is 15.1 Å². The van der Waals surface area contributed by atoms with Gasteiger partial charge in [0.25, 0.3) is 5.91 Å². The Labute approximate surface area is 123 Å². The van der Waals surface area contributed by atoms with E-state index in [1.807, 2.05) is 13.8 Å². The molecule has 2 amide bonds. The molecular weight excluding hydrogens is 268 g/mol. The third-order valence-corrected chi connectivity index (χ3v) is 2.77. The highest BCUT2D eigenvalue weighted by Crippen LogP contribution is 2.15. The fourth-order valence-corrected chi connectivity index (χ4v) is 1.82. The van der Waals surface area contributed by atoms with E-state index in [1.54, 1.807) is 36.4 Å². The maximum atomic E-state index is 11.8. The van der Waals surface area contributed by atoms with Crippen LogP contribution in [0.4, 0.5) is 11.4 Å². The third kappa shape index (κ3) is 4.49. The molecule has 0 aliphatic heterocycles. The summed E-state index contributed by atoms with van der Waals surface area (Å²) in [6, 6.07) is 10.2. The Balaban J connectivity index is 1.93. The second-order valence-electron chi connectivity index (χ2n) is 5.15. The number of carbonyl (C=O) groups is 2. The predicted octanol–water partition coefficient (Wildman–Crippen LogP) is 3.52. The summed E-state index contributed by atoms with van der Waals surface area (Å²) >= 11 is 0. The first-order valence-corrected chi connectivity index (χ1v) is 6.79. The van der Waals surface area contributed by atoms with Gasteiger partial charge in [-0.15, -0.1) is 0 Å². The number of hydrogen-bond donors (Lipinski definition) is 2. The van der Waals surface area contributed by atoms with Gasteiger partial charge in [-0.05, 0) is 42.3 Å². The second-order valence-corrected chi connectivity index (χ2v) is 5.15. The molecule has 2 N–H and O–H groups in total. The van der Waals surface area contributed by atoms with Gasteiger partial charge in [-0.25, -0.2) is 0 Å². The molecule has 1 heterocycles. The Kier molecular flexibility index (Phi) is 4.77. The van der Waals surface area contributed by atoms with Gasteiger partial charge in [0.1, 0.15) is 0 Å². The van der Waals surface area contributed by atoms with Gasteiger partial charge in [-0.2, -0.15) is 0 Å². The lowest BCUT2D eigenvalue weighted by Gasteiger charge is -2.08. The summed E-state index contributed by atoms with van der Waals surface area (Å²) in [6.07, 6.45) is 1.93.